The Morgan fingerprint density at radius 2 is 1.95 bits per heavy atom. The molecule has 1 N–H and O–H groups in total. The third-order valence-corrected chi connectivity index (χ3v) is 4.60. The molecule has 2 fully saturated rings. The van der Waals surface area contributed by atoms with Crippen LogP contribution in [0, 0.1) is 17.8 Å². The Morgan fingerprint density at radius 1 is 1.24 bits per heavy atom. The Labute approximate surface area is 122 Å². The number of carboxylic acids is 1. The Morgan fingerprint density at radius 3 is 2.57 bits per heavy atom. The van der Waals surface area contributed by atoms with E-state index >= 15 is 0 Å². The second-order valence-electron chi connectivity index (χ2n) is 5.96. The number of likely N-dealkylation sites (tertiary alicyclic amines) is 1. The fraction of sp³-hybridized carbons (Fsp3) is 0.533. The summed E-state index contributed by atoms with van der Waals surface area (Å²) in [6.07, 6.45) is 2.11. The van der Waals surface area contributed by atoms with Gasteiger partial charge in [0.2, 0.25) is 0 Å². The van der Waals surface area contributed by atoms with E-state index in [1.54, 1.807) is 24.1 Å². The van der Waals surface area contributed by atoms with Gasteiger partial charge in [0, 0.05) is 26.2 Å². The van der Waals surface area contributed by atoms with Crippen molar-refractivity contribution in [3.05, 3.63) is 34.2 Å². The van der Waals surface area contributed by atoms with Crippen LogP contribution in [0.3, 0.4) is 0 Å². The molecule has 2 atom stereocenters. The maximum Gasteiger partial charge on any atom is 0.308 e. The number of pyridine rings is 1. The lowest BCUT2D eigenvalue weighted by molar-refractivity contribution is -0.142. The van der Waals surface area contributed by atoms with Crippen LogP contribution in [0.15, 0.2) is 23.0 Å². The van der Waals surface area contributed by atoms with Gasteiger partial charge in [-0.15, -0.1) is 0 Å². The Balaban J connectivity index is 1.84. The summed E-state index contributed by atoms with van der Waals surface area (Å²) in [6.45, 7) is 0.710. The summed E-state index contributed by atoms with van der Waals surface area (Å²) in [5.41, 5.74) is 0.0664. The Kier molecular flexibility index (Phi) is 3.31. The highest BCUT2D eigenvalue weighted by atomic mass is 16.4. The number of carbonyl (C=O) groups is 2. The lowest BCUT2D eigenvalue weighted by Gasteiger charge is -2.17. The number of carbonyl (C=O) groups excluding carboxylic acids is 1. The molecule has 0 bridgehead atoms. The molecular weight excluding hydrogens is 272 g/mol. The van der Waals surface area contributed by atoms with Gasteiger partial charge in [-0.1, -0.05) is 6.07 Å². The maximum atomic E-state index is 12.5. The number of amides is 1. The smallest absolute Gasteiger partial charge is 0.308 e. The van der Waals surface area contributed by atoms with Gasteiger partial charge in [0.25, 0.3) is 11.5 Å². The SMILES string of the molecule is Cn1c(C(=O)N2C[C@H](C(=O)O)[C@@H](C3CC3)C2)cccc1=O. The second-order valence-corrected chi connectivity index (χ2v) is 5.96. The molecular formula is C15H18N2O4. The van der Waals surface area contributed by atoms with E-state index in [1.807, 2.05) is 0 Å². The molecule has 1 aliphatic carbocycles. The predicted octanol–water partition coefficient (Wildman–Crippen LogP) is 0.568. The minimum absolute atomic E-state index is 0.0483. The summed E-state index contributed by atoms with van der Waals surface area (Å²) in [6, 6.07) is 4.55. The quantitative estimate of drug-likeness (QED) is 0.882. The van der Waals surface area contributed by atoms with Crippen molar-refractivity contribution in [2.24, 2.45) is 24.8 Å². The molecule has 0 unspecified atom stereocenters. The van der Waals surface area contributed by atoms with Crippen molar-refractivity contribution in [1.82, 2.24) is 9.47 Å². The molecule has 6 heteroatoms. The first-order valence-corrected chi connectivity index (χ1v) is 7.17. The van der Waals surface area contributed by atoms with Gasteiger partial charge in [0.15, 0.2) is 0 Å². The molecule has 0 spiro atoms. The predicted molar refractivity (Wildman–Crippen MR) is 74.9 cm³/mol. The molecule has 3 rings (SSSR count). The fourth-order valence-electron chi connectivity index (χ4n) is 3.20. The largest absolute Gasteiger partial charge is 0.481 e. The average Bonchev–Trinajstić information content (AvgIpc) is 3.19. The van der Waals surface area contributed by atoms with E-state index < -0.39 is 11.9 Å². The van der Waals surface area contributed by atoms with Gasteiger partial charge >= 0.3 is 5.97 Å². The molecule has 2 aliphatic rings. The molecule has 1 saturated carbocycles. The minimum atomic E-state index is -0.829. The third-order valence-electron chi connectivity index (χ3n) is 4.60. The third kappa shape index (κ3) is 2.46. The first kappa shape index (κ1) is 13.9. The highest BCUT2D eigenvalue weighted by Crippen LogP contribution is 2.44. The van der Waals surface area contributed by atoms with Gasteiger partial charge in [0.1, 0.15) is 5.69 Å². The van der Waals surface area contributed by atoms with Crippen LogP contribution in [-0.4, -0.2) is 39.5 Å². The van der Waals surface area contributed by atoms with Crippen LogP contribution in [0.2, 0.25) is 0 Å². The first-order chi connectivity index (χ1) is 9.99. The van der Waals surface area contributed by atoms with Gasteiger partial charge < -0.3 is 14.6 Å². The van der Waals surface area contributed by atoms with E-state index in [1.165, 1.54) is 10.6 Å². The standard InChI is InChI=1S/C15H18N2O4/c1-16-12(3-2-4-13(16)18)14(19)17-7-10(9-5-6-9)11(8-17)15(20)21/h2-4,9-11H,5-8H2,1H3,(H,20,21)/t10-,11+/m1/s1. The Bertz CT molecular complexity index is 647. The van der Waals surface area contributed by atoms with Gasteiger partial charge in [-0.3, -0.25) is 14.4 Å². The van der Waals surface area contributed by atoms with Crippen molar-refractivity contribution in [2.75, 3.05) is 13.1 Å². The number of nitrogens with zero attached hydrogens (tertiary/aromatic N) is 2. The van der Waals surface area contributed by atoms with E-state index in [-0.39, 0.29) is 23.9 Å². The molecule has 1 aliphatic heterocycles. The lowest BCUT2D eigenvalue weighted by Crippen LogP contribution is -2.34. The molecule has 112 valence electrons. The van der Waals surface area contributed by atoms with E-state index in [9.17, 15) is 19.5 Å². The maximum absolute atomic E-state index is 12.5. The summed E-state index contributed by atoms with van der Waals surface area (Å²) >= 11 is 0. The van der Waals surface area contributed by atoms with Crippen LogP contribution in [-0.2, 0) is 11.8 Å². The molecule has 1 aromatic rings. The monoisotopic (exact) mass is 290 g/mol. The molecule has 0 aromatic carbocycles. The van der Waals surface area contributed by atoms with E-state index in [4.69, 9.17) is 0 Å². The van der Waals surface area contributed by atoms with E-state index in [0.717, 1.165) is 12.8 Å². The zero-order valence-corrected chi connectivity index (χ0v) is 11.9. The highest BCUT2D eigenvalue weighted by Gasteiger charge is 2.47. The van der Waals surface area contributed by atoms with Crippen LogP contribution in [0.25, 0.3) is 0 Å². The van der Waals surface area contributed by atoms with Crippen molar-refractivity contribution in [2.45, 2.75) is 12.8 Å². The molecule has 21 heavy (non-hydrogen) atoms. The van der Waals surface area contributed by atoms with Crippen molar-refractivity contribution >= 4 is 11.9 Å². The highest BCUT2D eigenvalue weighted by molar-refractivity contribution is 5.93. The van der Waals surface area contributed by atoms with Gasteiger partial charge in [-0.25, -0.2) is 0 Å². The summed E-state index contributed by atoms with van der Waals surface area (Å²) in [5.74, 6) is -1.09. The summed E-state index contributed by atoms with van der Waals surface area (Å²) in [4.78, 5) is 37.1. The first-order valence-electron chi connectivity index (χ1n) is 7.17. The topological polar surface area (TPSA) is 79.6 Å². The zero-order valence-electron chi connectivity index (χ0n) is 11.9. The van der Waals surface area contributed by atoms with Crippen molar-refractivity contribution < 1.29 is 14.7 Å². The number of aliphatic carboxylic acids is 1. The van der Waals surface area contributed by atoms with Gasteiger partial charge in [0.05, 0.1) is 5.92 Å². The van der Waals surface area contributed by atoms with Crippen molar-refractivity contribution in [3.8, 4) is 0 Å². The van der Waals surface area contributed by atoms with Crippen LogP contribution in [0.1, 0.15) is 23.3 Å². The van der Waals surface area contributed by atoms with Crippen LogP contribution in [0.5, 0.6) is 0 Å². The number of aromatic nitrogens is 1. The number of carboxylic acid groups (broad SMARTS) is 1. The minimum Gasteiger partial charge on any atom is -0.481 e. The molecule has 6 nitrogen and oxygen atoms in total. The fourth-order valence-corrected chi connectivity index (χ4v) is 3.20. The average molecular weight is 290 g/mol. The normalized spacial score (nSPS) is 25.1. The molecule has 2 heterocycles. The zero-order chi connectivity index (χ0) is 15.1. The molecule has 0 radical (unpaired) electrons. The Hall–Kier alpha value is -2.11. The van der Waals surface area contributed by atoms with Gasteiger partial charge in [-0.2, -0.15) is 0 Å². The summed E-state index contributed by atoms with van der Waals surface area (Å²) < 4.78 is 1.31. The number of hydrogen-bond acceptors (Lipinski definition) is 3. The number of rotatable bonds is 3. The van der Waals surface area contributed by atoms with E-state index in [2.05, 4.69) is 0 Å². The van der Waals surface area contributed by atoms with Crippen molar-refractivity contribution in [1.29, 1.82) is 0 Å². The molecule has 1 aromatic heterocycles. The molecule has 1 saturated heterocycles. The summed E-state index contributed by atoms with van der Waals surface area (Å²) in [5, 5.41) is 9.34. The second kappa shape index (κ2) is 5.02. The van der Waals surface area contributed by atoms with Crippen molar-refractivity contribution in [3.63, 3.8) is 0 Å². The number of hydrogen-bond donors (Lipinski definition) is 1. The lowest BCUT2D eigenvalue weighted by atomic mass is 9.92. The van der Waals surface area contributed by atoms with Crippen LogP contribution in [0.4, 0.5) is 0 Å². The van der Waals surface area contributed by atoms with Crippen LogP contribution < -0.4 is 5.56 Å². The molecule has 1 amide bonds. The van der Waals surface area contributed by atoms with Crippen LogP contribution >= 0.6 is 0 Å². The van der Waals surface area contributed by atoms with E-state index in [0.29, 0.717) is 18.2 Å². The summed E-state index contributed by atoms with van der Waals surface area (Å²) in [7, 11) is 1.55. The van der Waals surface area contributed by atoms with Gasteiger partial charge in [-0.05, 0) is 30.7 Å².